The van der Waals surface area contributed by atoms with Gasteiger partial charge in [-0.1, -0.05) is 0 Å². The molecule has 0 unspecified atom stereocenters. The number of H-pyrrole nitrogens is 1. The maximum absolute atomic E-state index is 14.5. The minimum absolute atomic E-state index is 0.243. The summed E-state index contributed by atoms with van der Waals surface area (Å²) in [5.41, 5.74) is 1.89. The number of nitrogens with one attached hydrogen (secondary N) is 2. The Morgan fingerprint density at radius 3 is 2.79 bits per heavy atom. The highest BCUT2D eigenvalue weighted by Crippen LogP contribution is 2.25. The van der Waals surface area contributed by atoms with Crippen LogP contribution in [-0.2, 0) is 0 Å². The molecule has 24 heavy (non-hydrogen) atoms. The molecule has 2 N–H and O–H groups in total. The molecule has 8 heteroatoms. The standard InChI is InChI=1S/C16H18FN7/c1-23-4-6-24(7-5-23)14-3-2-12(8-13(14)17)20-16-18-9-11-10-19-22-15(11)21-16/h2-3,8-10H,4-7H2,1H3,(H2,18,19,20,21,22). The van der Waals surface area contributed by atoms with Crippen molar-refractivity contribution in [3.8, 4) is 0 Å². The summed E-state index contributed by atoms with van der Waals surface area (Å²) >= 11 is 0. The first kappa shape index (κ1) is 14.8. The van der Waals surface area contributed by atoms with Crippen LogP contribution in [0.1, 0.15) is 0 Å². The molecule has 3 heterocycles. The van der Waals surface area contributed by atoms with Gasteiger partial charge in [-0.05, 0) is 25.2 Å². The Morgan fingerprint density at radius 1 is 1.17 bits per heavy atom. The lowest BCUT2D eigenvalue weighted by Crippen LogP contribution is -2.44. The average Bonchev–Trinajstić information content (AvgIpc) is 3.04. The summed E-state index contributed by atoms with van der Waals surface area (Å²) in [6, 6.07) is 5.13. The summed E-state index contributed by atoms with van der Waals surface area (Å²) in [7, 11) is 2.08. The smallest absolute Gasteiger partial charge is 0.229 e. The third-order valence-corrected chi connectivity index (χ3v) is 4.24. The molecule has 1 fully saturated rings. The predicted octanol–water partition coefficient (Wildman–Crippen LogP) is 1.99. The Kier molecular flexibility index (Phi) is 3.73. The van der Waals surface area contributed by atoms with Crippen LogP contribution < -0.4 is 10.2 Å². The quantitative estimate of drug-likeness (QED) is 0.766. The van der Waals surface area contributed by atoms with Crippen molar-refractivity contribution in [1.82, 2.24) is 25.1 Å². The summed E-state index contributed by atoms with van der Waals surface area (Å²) in [6.07, 6.45) is 3.33. The highest BCUT2D eigenvalue weighted by molar-refractivity contribution is 5.74. The molecule has 124 valence electrons. The number of rotatable bonds is 3. The molecule has 1 aliphatic heterocycles. The summed E-state index contributed by atoms with van der Waals surface area (Å²) in [4.78, 5) is 12.8. The van der Waals surface area contributed by atoms with Gasteiger partial charge in [0.05, 0.1) is 17.3 Å². The minimum atomic E-state index is -0.243. The number of fused-ring (bicyclic) bond motifs is 1. The van der Waals surface area contributed by atoms with Crippen molar-refractivity contribution in [3.63, 3.8) is 0 Å². The maximum atomic E-state index is 14.5. The monoisotopic (exact) mass is 327 g/mol. The van der Waals surface area contributed by atoms with Crippen molar-refractivity contribution < 1.29 is 4.39 Å². The van der Waals surface area contributed by atoms with E-state index in [-0.39, 0.29) is 5.82 Å². The number of nitrogens with zero attached hydrogens (tertiary/aromatic N) is 5. The summed E-state index contributed by atoms with van der Waals surface area (Å²) in [6.45, 7) is 3.55. The van der Waals surface area contributed by atoms with Gasteiger partial charge in [0, 0.05) is 38.1 Å². The first-order valence-electron chi connectivity index (χ1n) is 7.85. The molecule has 3 aromatic rings. The molecule has 1 aliphatic rings. The molecular weight excluding hydrogens is 309 g/mol. The molecule has 0 aliphatic carbocycles. The second-order valence-electron chi connectivity index (χ2n) is 5.95. The van der Waals surface area contributed by atoms with Gasteiger partial charge in [0.1, 0.15) is 5.82 Å². The van der Waals surface area contributed by atoms with Crippen LogP contribution in [0.25, 0.3) is 11.0 Å². The van der Waals surface area contributed by atoms with Crippen LogP contribution in [0.5, 0.6) is 0 Å². The normalized spacial score (nSPS) is 15.8. The molecule has 1 saturated heterocycles. The number of aromatic nitrogens is 4. The van der Waals surface area contributed by atoms with Crippen molar-refractivity contribution in [3.05, 3.63) is 36.4 Å². The molecule has 0 spiro atoms. The Labute approximate surface area is 138 Å². The fourth-order valence-corrected chi connectivity index (χ4v) is 2.82. The van der Waals surface area contributed by atoms with Crippen LogP contribution in [0.15, 0.2) is 30.6 Å². The van der Waals surface area contributed by atoms with Gasteiger partial charge in [0.2, 0.25) is 5.95 Å². The van der Waals surface area contributed by atoms with E-state index in [9.17, 15) is 4.39 Å². The molecule has 7 nitrogen and oxygen atoms in total. The SMILES string of the molecule is CN1CCN(c2ccc(Nc3ncc4cn[nH]c4n3)cc2F)CC1. The minimum Gasteiger partial charge on any atom is -0.367 e. The third kappa shape index (κ3) is 2.88. The fourth-order valence-electron chi connectivity index (χ4n) is 2.82. The van der Waals surface area contributed by atoms with Gasteiger partial charge >= 0.3 is 0 Å². The van der Waals surface area contributed by atoms with Crippen LogP contribution in [0.4, 0.5) is 21.7 Å². The molecule has 0 saturated carbocycles. The van der Waals surface area contributed by atoms with E-state index < -0.39 is 0 Å². The van der Waals surface area contributed by atoms with E-state index in [1.807, 2.05) is 6.07 Å². The van der Waals surface area contributed by atoms with E-state index in [0.29, 0.717) is 23.0 Å². The molecule has 1 aromatic carbocycles. The lowest BCUT2D eigenvalue weighted by molar-refractivity contribution is 0.311. The number of halogens is 1. The molecular formula is C16H18FN7. The Morgan fingerprint density at radius 2 is 2.00 bits per heavy atom. The second-order valence-corrected chi connectivity index (χ2v) is 5.95. The van der Waals surface area contributed by atoms with Crippen LogP contribution in [0.2, 0.25) is 0 Å². The highest BCUT2D eigenvalue weighted by atomic mass is 19.1. The Balaban J connectivity index is 1.53. The van der Waals surface area contributed by atoms with Crippen LogP contribution >= 0.6 is 0 Å². The van der Waals surface area contributed by atoms with E-state index in [1.54, 1.807) is 18.5 Å². The molecule has 0 amide bonds. The number of hydrogen-bond acceptors (Lipinski definition) is 6. The fraction of sp³-hybridized carbons (Fsp3) is 0.312. The van der Waals surface area contributed by atoms with Gasteiger partial charge in [0.15, 0.2) is 5.65 Å². The summed E-state index contributed by atoms with van der Waals surface area (Å²) < 4.78 is 14.5. The topological polar surface area (TPSA) is 73.0 Å². The van der Waals surface area contributed by atoms with E-state index in [0.717, 1.165) is 31.6 Å². The van der Waals surface area contributed by atoms with Gasteiger partial charge in [-0.3, -0.25) is 5.10 Å². The molecule has 0 atom stereocenters. The predicted molar refractivity (Wildman–Crippen MR) is 91.1 cm³/mol. The number of hydrogen-bond donors (Lipinski definition) is 2. The molecule has 0 radical (unpaired) electrons. The van der Waals surface area contributed by atoms with Crippen LogP contribution in [-0.4, -0.2) is 58.3 Å². The third-order valence-electron chi connectivity index (χ3n) is 4.24. The zero-order valence-corrected chi connectivity index (χ0v) is 13.3. The highest BCUT2D eigenvalue weighted by Gasteiger charge is 2.17. The number of likely N-dealkylation sites (N-methyl/N-ethyl adjacent to an activating group) is 1. The van der Waals surface area contributed by atoms with E-state index >= 15 is 0 Å². The molecule has 2 aromatic heterocycles. The average molecular weight is 327 g/mol. The van der Waals surface area contributed by atoms with Crippen LogP contribution in [0.3, 0.4) is 0 Å². The first-order chi connectivity index (χ1) is 11.7. The summed E-state index contributed by atoms with van der Waals surface area (Å²) in [5.74, 6) is 0.158. The van der Waals surface area contributed by atoms with Gasteiger partial charge in [0.25, 0.3) is 0 Å². The largest absolute Gasteiger partial charge is 0.367 e. The Hall–Kier alpha value is -2.74. The number of piperazine rings is 1. The number of benzene rings is 1. The lowest BCUT2D eigenvalue weighted by atomic mass is 10.2. The molecule has 4 rings (SSSR count). The number of aromatic amines is 1. The zero-order chi connectivity index (χ0) is 16.5. The second kappa shape index (κ2) is 6.04. The first-order valence-corrected chi connectivity index (χ1v) is 7.85. The van der Waals surface area contributed by atoms with Crippen LogP contribution in [0, 0.1) is 5.82 Å². The van der Waals surface area contributed by atoms with Crippen molar-refractivity contribution in [2.75, 3.05) is 43.4 Å². The van der Waals surface area contributed by atoms with Gasteiger partial charge in [-0.15, -0.1) is 0 Å². The van der Waals surface area contributed by atoms with Crippen molar-refractivity contribution >= 4 is 28.4 Å². The van der Waals surface area contributed by atoms with Gasteiger partial charge in [-0.25, -0.2) is 9.37 Å². The van der Waals surface area contributed by atoms with E-state index in [1.165, 1.54) is 6.07 Å². The van der Waals surface area contributed by atoms with E-state index in [2.05, 4.69) is 42.3 Å². The van der Waals surface area contributed by atoms with E-state index in [4.69, 9.17) is 0 Å². The number of anilines is 3. The Bertz CT molecular complexity index is 855. The van der Waals surface area contributed by atoms with Crippen molar-refractivity contribution in [1.29, 1.82) is 0 Å². The summed E-state index contributed by atoms with van der Waals surface area (Å²) in [5, 5.41) is 10.6. The molecule has 0 bridgehead atoms. The lowest BCUT2D eigenvalue weighted by Gasteiger charge is -2.34. The maximum Gasteiger partial charge on any atom is 0.229 e. The van der Waals surface area contributed by atoms with Crippen molar-refractivity contribution in [2.45, 2.75) is 0 Å². The van der Waals surface area contributed by atoms with Gasteiger partial charge in [-0.2, -0.15) is 10.1 Å². The van der Waals surface area contributed by atoms with Crippen molar-refractivity contribution in [2.24, 2.45) is 0 Å². The van der Waals surface area contributed by atoms with Gasteiger partial charge < -0.3 is 15.1 Å². The zero-order valence-electron chi connectivity index (χ0n) is 13.3.